The molecule has 0 aliphatic heterocycles. The first-order valence-corrected chi connectivity index (χ1v) is 5.31. The monoisotopic (exact) mass is 216 g/mol. The zero-order valence-electron chi connectivity index (χ0n) is 9.69. The molecular formula is C11H20O4. The zero-order valence-corrected chi connectivity index (χ0v) is 9.69. The van der Waals surface area contributed by atoms with E-state index < -0.39 is 6.10 Å². The Labute approximate surface area is 91.2 Å². The summed E-state index contributed by atoms with van der Waals surface area (Å²) in [6, 6.07) is 0. The highest BCUT2D eigenvalue weighted by molar-refractivity contribution is 5.74. The van der Waals surface area contributed by atoms with Crippen molar-refractivity contribution < 1.29 is 19.0 Å². The lowest BCUT2D eigenvalue weighted by Crippen LogP contribution is -2.26. The molecule has 0 aromatic carbocycles. The van der Waals surface area contributed by atoms with Crippen molar-refractivity contribution in [3.8, 4) is 0 Å². The normalized spacial score (nSPS) is 12.7. The van der Waals surface area contributed by atoms with Crippen LogP contribution in [0.15, 0.2) is 12.3 Å². The first-order valence-electron chi connectivity index (χ1n) is 5.31. The molecule has 0 N–H and O–H groups in total. The summed E-state index contributed by atoms with van der Waals surface area (Å²) in [6.45, 7) is 7.00. The standard InChI is InChI=1S/C11H20O4/c1-4-13-9-7-8-10(14-5-2)11(12)15-6-3/h7,9-10H,4-6,8H2,1-3H3/b9-7+. The van der Waals surface area contributed by atoms with E-state index in [0.717, 1.165) is 0 Å². The number of carbonyl (C=O) groups excluding carboxylic acids is 1. The average Bonchev–Trinajstić information content (AvgIpc) is 2.23. The highest BCUT2D eigenvalue weighted by Gasteiger charge is 2.17. The predicted molar refractivity (Wildman–Crippen MR) is 57.4 cm³/mol. The Morgan fingerprint density at radius 2 is 1.93 bits per heavy atom. The number of hydrogen-bond acceptors (Lipinski definition) is 4. The zero-order chi connectivity index (χ0) is 11.5. The molecular weight excluding hydrogens is 196 g/mol. The molecule has 0 saturated carbocycles. The van der Waals surface area contributed by atoms with Gasteiger partial charge in [0.05, 0.1) is 19.5 Å². The van der Waals surface area contributed by atoms with Crippen LogP contribution in [0.3, 0.4) is 0 Å². The molecule has 4 heteroatoms. The van der Waals surface area contributed by atoms with Crippen molar-refractivity contribution in [3.05, 3.63) is 12.3 Å². The fraction of sp³-hybridized carbons (Fsp3) is 0.727. The number of esters is 1. The molecule has 88 valence electrons. The quantitative estimate of drug-likeness (QED) is 0.459. The van der Waals surface area contributed by atoms with Gasteiger partial charge in [0, 0.05) is 13.0 Å². The topological polar surface area (TPSA) is 44.8 Å². The Morgan fingerprint density at radius 1 is 1.20 bits per heavy atom. The van der Waals surface area contributed by atoms with E-state index >= 15 is 0 Å². The van der Waals surface area contributed by atoms with Gasteiger partial charge in [0.2, 0.25) is 0 Å². The van der Waals surface area contributed by atoms with Crippen molar-refractivity contribution in [2.24, 2.45) is 0 Å². The van der Waals surface area contributed by atoms with Crippen molar-refractivity contribution in [1.82, 2.24) is 0 Å². The van der Waals surface area contributed by atoms with E-state index in [1.807, 2.05) is 13.8 Å². The summed E-state index contributed by atoms with van der Waals surface area (Å²) in [6.07, 6.45) is 3.30. The number of hydrogen-bond donors (Lipinski definition) is 0. The smallest absolute Gasteiger partial charge is 0.335 e. The molecule has 0 aromatic heterocycles. The van der Waals surface area contributed by atoms with Crippen LogP contribution >= 0.6 is 0 Å². The average molecular weight is 216 g/mol. The Kier molecular flexibility index (Phi) is 8.87. The lowest BCUT2D eigenvalue weighted by Gasteiger charge is -2.13. The molecule has 0 fully saturated rings. The summed E-state index contributed by atoms with van der Waals surface area (Å²) >= 11 is 0. The third kappa shape index (κ3) is 6.96. The second kappa shape index (κ2) is 9.52. The van der Waals surface area contributed by atoms with Crippen LogP contribution in [0.2, 0.25) is 0 Å². The molecule has 1 atom stereocenters. The lowest BCUT2D eigenvalue weighted by molar-refractivity contribution is -0.156. The summed E-state index contributed by atoms with van der Waals surface area (Å²) in [4.78, 5) is 11.4. The first kappa shape index (κ1) is 14.0. The summed E-state index contributed by atoms with van der Waals surface area (Å²) in [7, 11) is 0. The number of rotatable bonds is 8. The van der Waals surface area contributed by atoms with Gasteiger partial charge in [0.15, 0.2) is 6.10 Å². The summed E-state index contributed by atoms with van der Waals surface area (Å²) in [5, 5.41) is 0. The molecule has 0 spiro atoms. The minimum atomic E-state index is -0.522. The number of ether oxygens (including phenoxy) is 3. The van der Waals surface area contributed by atoms with Gasteiger partial charge in [-0.3, -0.25) is 0 Å². The van der Waals surface area contributed by atoms with Gasteiger partial charge in [0.25, 0.3) is 0 Å². The molecule has 0 aromatic rings. The van der Waals surface area contributed by atoms with Gasteiger partial charge >= 0.3 is 5.97 Å². The van der Waals surface area contributed by atoms with E-state index in [0.29, 0.717) is 26.2 Å². The van der Waals surface area contributed by atoms with Crippen molar-refractivity contribution in [2.45, 2.75) is 33.3 Å². The largest absolute Gasteiger partial charge is 0.502 e. The maximum Gasteiger partial charge on any atom is 0.335 e. The second-order valence-corrected chi connectivity index (χ2v) is 2.76. The molecule has 0 heterocycles. The highest BCUT2D eigenvalue weighted by atomic mass is 16.6. The van der Waals surface area contributed by atoms with Gasteiger partial charge in [0.1, 0.15) is 0 Å². The molecule has 0 amide bonds. The van der Waals surface area contributed by atoms with Crippen molar-refractivity contribution >= 4 is 5.97 Å². The van der Waals surface area contributed by atoms with E-state index in [1.54, 1.807) is 19.3 Å². The van der Waals surface area contributed by atoms with Crippen LogP contribution in [0.5, 0.6) is 0 Å². The third-order valence-electron chi connectivity index (χ3n) is 1.63. The summed E-state index contributed by atoms with van der Waals surface area (Å²) in [5.41, 5.74) is 0. The van der Waals surface area contributed by atoms with Crippen molar-refractivity contribution in [1.29, 1.82) is 0 Å². The van der Waals surface area contributed by atoms with E-state index in [-0.39, 0.29) is 5.97 Å². The van der Waals surface area contributed by atoms with E-state index in [9.17, 15) is 4.79 Å². The van der Waals surface area contributed by atoms with Crippen LogP contribution in [-0.2, 0) is 19.0 Å². The Hall–Kier alpha value is -1.03. The van der Waals surface area contributed by atoms with Crippen LogP contribution in [-0.4, -0.2) is 31.9 Å². The van der Waals surface area contributed by atoms with Gasteiger partial charge in [-0.1, -0.05) is 0 Å². The predicted octanol–water partition coefficient (Wildman–Crippen LogP) is 1.89. The lowest BCUT2D eigenvalue weighted by atomic mass is 10.2. The third-order valence-corrected chi connectivity index (χ3v) is 1.63. The minimum Gasteiger partial charge on any atom is -0.502 e. The minimum absolute atomic E-state index is 0.319. The number of carbonyl (C=O) groups is 1. The van der Waals surface area contributed by atoms with E-state index in [2.05, 4.69) is 0 Å². The fourth-order valence-corrected chi connectivity index (χ4v) is 1.01. The maximum absolute atomic E-state index is 11.4. The van der Waals surface area contributed by atoms with Crippen LogP contribution in [0, 0.1) is 0 Å². The molecule has 4 nitrogen and oxygen atoms in total. The fourth-order valence-electron chi connectivity index (χ4n) is 1.01. The van der Waals surface area contributed by atoms with Crippen LogP contribution in [0.25, 0.3) is 0 Å². The maximum atomic E-state index is 11.4. The van der Waals surface area contributed by atoms with Gasteiger partial charge in [-0.25, -0.2) is 4.79 Å². The Morgan fingerprint density at radius 3 is 2.47 bits per heavy atom. The Bertz CT molecular complexity index is 189. The van der Waals surface area contributed by atoms with Gasteiger partial charge in [-0.05, 0) is 26.8 Å². The van der Waals surface area contributed by atoms with Crippen LogP contribution in [0.4, 0.5) is 0 Å². The second-order valence-electron chi connectivity index (χ2n) is 2.76. The van der Waals surface area contributed by atoms with Crippen molar-refractivity contribution in [2.75, 3.05) is 19.8 Å². The van der Waals surface area contributed by atoms with Crippen LogP contribution < -0.4 is 0 Å². The highest BCUT2D eigenvalue weighted by Crippen LogP contribution is 2.03. The van der Waals surface area contributed by atoms with E-state index in [1.165, 1.54) is 0 Å². The SMILES string of the molecule is CCO/C=C/CC(OCC)C(=O)OCC. The molecule has 1 unspecified atom stereocenters. The first-order chi connectivity index (χ1) is 7.26. The molecule has 0 bridgehead atoms. The molecule has 0 radical (unpaired) electrons. The van der Waals surface area contributed by atoms with Gasteiger partial charge < -0.3 is 14.2 Å². The van der Waals surface area contributed by atoms with Crippen molar-refractivity contribution in [3.63, 3.8) is 0 Å². The van der Waals surface area contributed by atoms with Gasteiger partial charge in [-0.15, -0.1) is 0 Å². The molecule has 0 saturated heterocycles. The van der Waals surface area contributed by atoms with Gasteiger partial charge in [-0.2, -0.15) is 0 Å². The van der Waals surface area contributed by atoms with Crippen LogP contribution in [0.1, 0.15) is 27.2 Å². The molecule has 0 aliphatic rings. The molecule has 0 rings (SSSR count). The molecule has 0 aliphatic carbocycles. The Balaban J connectivity index is 3.97. The summed E-state index contributed by atoms with van der Waals surface area (Å²) < 4.78 is 15.1. The van der Waals surface area contributed by atoms with E-state index in [4.69, 9.17) is 14.2 Å². The molecule has 15 heavy (non-hydrogen) atoms. The summed E-state index contributed by atoms with van der Waals surface area (Å²) in [5.74, 6) is -0.319.